The number of nitrogens with zero attached hydrogens (tertiary/aromatic N) is 2. The third-order valence-corrected chi connectivity index (χ3v) is 3.75. The molecule has 5 heteroatoms. The standard InChI is InChI=1S/C15H13BrN2O2/c1-2-7-18-14(12(16)8-17-18)15(19)11-9-20-13-6-4-3-5-10(11)13/h3-6,8-9H,2,7H2,1H3. The Hall–Kier alpha value is -1.88. The molecule has 3 rings (SSSR count). The molecule has 20 heavy (non-hydrogen) atoms. The second-order valence-corrected chi connectivity index (χ2v) is 5.39. The van der Waals surface area contributed by atoms with Crippen molar-refractivity contribution in [1.29, 1.82) is 0 Å². The van der Waals surface area contributed by atoms with Crippen molar-refractivity contribution in [3.05, 3.63) is 52.5 Å². The minimum atomic E-state index is -0.0761. The minimum absolute atomic E-state index is 0.0761. The van der Waals surface area contributed by atoms with Crippen molar-refractivity contribution in [2.75, 3.05) is 0 Å². The predicted molar refractivity (Wildman–Crippen MR) is 79.9 cm³/mol. The fourth-order valence-electron chi connectivity index (χ4n) is 2.25. The summed E-state index contributed by atoms with van der Waals surface area (Å²) in [6, 6.07) is 7.52. The molecule has 0 unspecified atom stereocenters. The molecule has 0 fully saturated rings. The number of hydrogen-bond donors (Lipinski definition) is 0. The van der Waals surface area contributed by atoms with E-state index in [0.717, 1.165) is 11.8 Å². The highest BCUT2D eigenvalue weighted by atomic mass is 79.9. The fourth-order valence-corrected chi connectivity index (χ4v) is 2.73. The van der Waals surface area contributed by atoms with Gasteiger partial charge in [-0.1, -0.05) is 25.1 Å². The lowest BCUT2D eigenvalue weighted by molar-refractivity contribution is 0.102. The van der Waals surface area contributed by atoms with E-state index in [-0.39, 0.29) is 5.78 Å². The minimum Gasteiger partial charge on any atom is -0.464 e. The molecule has 0 saturated carbocycles. The van der Waals surface area contributed by atoms with E-state index in [9.17, 15) is 4.79 Å². The molecule has 0 bridgehead atoms. The molecule has 0 aliphatic heterocycles. The van der Waals surface area contributed by atoms with Gasteiger partial charge in [-0.3, -0.25) is 9.48 Å². The zero-order chi connectivity index (χ0) is 14.1. The molecule has 1 aromatic carbocycles. The number of hydrogen-bond acceptors (Lipinski definition) is 3. The fraction of sp³-hybridized carbons (Fsp3) is 0.200. The van der Waals surface area contributed by atoms with E-state index in [1.165, 1.54) is 6.26 Å². The van der Waals surface area contributed by atoms with Crippen LogP contribution >= 0.6 is 15.9 Å². The molecule has 0 radical (unpaired) electrons. The number of para-hydroxylation sites is 1. The maximum atomic E-state index is 12.7. The van der Waals surface area contributed by atoms with Gasteiger partial charge >= 0.3 is 0 Å². The van der Waals surface area contributed by atoms with E-state index >= 15 is 0 Å². The number of fused-ring (bicyclic) bond motifs is 1. The summed E-state index contributed by atoms with van der Waals surface area (Å²) >= 11 is 3.40. The number of halogens is 1. The highest BCUT2D eigenvalue weighted by Crippen LogP contribution is 2.26. The first kappa shape index (κ1) is 13.1. The first-order valence-electron chi connectivity index (χ1n) is 6.44. The van der Waals surface area contributed by atoms with Crippen LogP contribution in [0.15, 0.2) is 45.6 Å². The lowest BCUT2D eigenvalue weighted by Gasteiger charge is -2.05. The molecule has 0 aliphatic carbocycles. The van der Waals surface area contributed by atoms with Gasteiger partial charge in [-0.2, -0.15) is 5.10 Å². The van der Waals surface area contributed by atoms with Crippen LogP contribution in [-0.2, 0) is 6.54 Å². The molecular weight excluding hydrogens is 320 g/mol. The molecule has 0 spiro atoms. The molecule has 102 valence electrons. The smallest absolute Gasteiger partial charge is 0.216 e. The maximum absolute atomic E-state index is 12.7. The topological polar surface area (TPSA) is 48.0 Å². The lowest BCUT2D eigenvalue weighted by atomic mass is 10.1. The van der Waals surface area contributed by atoms with Crippen LogP contribution in [0.1, 0.15) is 29.4 Å². The van der Waals surface area contributed by atoms with Gasteiger partial charge in [0.2, 0.25) is 5.78 Å². The highest BCUT2D eigenvalue weighted by Gasteiger charge is 2.22. The van der Waals surface area contributed by atoms with E-state index in [1.807, 2.05) is 24.3 Å². The molecule has 0 N–H and O–H groups in total. The number of furan rings is 1. The van der Waals surface area contributed by atoms with Gasteiger partial charge in [0.05, 0.1) is 16.2 Å². The van der Waals surface area contributed by atoms with Crippen LogP contribution in [0.3, 0.4) is 0 Å². The van der Waals surface area contributed by atoms with Crippen LogP contribution in [-0.4, -0.2) is 15.6 Å². The van der Waals surface area contributed by atoms with Crippen LogP contribution < -0.4 is 0 Å². The average Bonchev–Trinajstić information content (AvgIpc) is 3.03. The molecule has 2 heterocycles. The third kappa shape index (κ3) is 2.08. The van der Waals surface area contributed by atoms with Gasteiger partial charge in [0.1, 0.15) is 17.5 Å². The van der Waals surface area contributed by atoms with Crippen molar-refractivity contribution in [1.82, 2.24) is 9.78 Å². The number of rotatable bonds is 4. The summed E-state index contributed by atoms with van der Waals surface area (Å²) in [5.41, 5.74) is 1.85. The van der Waals surface area contributed by atoms with Crippen LogP contribution in [0.5, 0.6) is 0 Å². The third-order valence-electron chi connectivity index (χ3n) is 3.17. The quantitative estimate of drug-likeness (QED) is 0.677. The number of benzene rings is 1. The maximum Gasteiger partial charge on any atom is 0.216 e. The summed E-state index contributed by atoms with van der Waals surface area (Å²) in [5, 5.41) is 5.06. The number of carbonyl (C=O) groups is 1. The number of aryl methyl sites for hydroxylation is 1. The van der Waals surface area contributed by atoms with Gasteiger partial charge in [-0.05, 0) is 28.4 Å². The van der Waals surface area contributed by atoms with Gasteiger partial charge in [0.15, 0.2) is 0 Å². The zero-order valence-corrected chi connectivity index (χ0v) is 12.6. The summed E-state index contributed by atoms with van der Waals surface area (Å²) < 4.78 is 7.88. The van der Waals surface area contributed by atoms with Gasteiger partial charge < -0.3 is 4.42 Å². The summed E-state index contributed by atoms with van der Waals surface area (Å²) in [7, 11) is 0. The molecule has 3 aromatic rings. The Morgan fingerprint density at radius 2 is 2.20 bits per heavy atom. The zero-order valence-electron chi connectivity index (χ0n) is 11.0. The van der Waals surface area contributed by atoms with Crippen molar-refractivity contribution in [3.63, 3.8) is 0 Å². The van der Waals surface area contributed by atoms with Crippen molar-refractivity contribution in [2.24, 2.45) is 0 Å². The molecule has 4 nitrogen and oxygen atoms in total. The second-order valence-electron chi connectivity index (χ2n) is 4.54. The van der Waals surface area contributed by atoms with Gasteiger partial charge in [0, 0.05) is 11.9 Å². The highest BCUT2D eigenvalue weighted by molar-refractivity contribution is 9.10. The lowest BCUT2D eigenvalue weighted by Crippen LogP contribution is -2.11. The Morgan fingerprint density at radius 1 is 1.40 bits per heavy atom. The van der Waals surface area contributed by atoms with E-state index in [2.05, 4.69) is 28.0 Å². The van der Waals surface area contributed by atoms with Crippen LogP contribution in [0.4, 0.5) is 0 Å². The Bertz CT molecular complexity index is 773. The first-order valence-corrected chi connectivity index (χ1v) is 7.24. The molecule has 2 aromatic heterocycles. The molecule has 0 aliphatic rings. The summed E-state index contributed by atoms with van der Waals surface area (Å²) in [6.07, 6.45) is 4.09. The van der Waals surface area contributed by atoms with Crippen molar-refractivity contribution >= 4 is 32.7 Å². The SMILES string of the molecule is CCCn1ncc(Br)c1C(=O)c1coc2ccccc12. The van der Waals surface area contributed by atoms with Crippen molar-refractivity contribution in [2.45, 2.75) is 19.9 Å². The number of ketones is 1. The van der Waals surface area contributed by atoms with E-state index < -0.39 is 0 Å². The van der Waals surface area contributed by atoms with Gasteiger partial charge in [0.25, 0.3) is 0 Å². The molecule has 0 amide bonds. The number of carbonyl (C=O) groups excluding carboxylic acids is 1. The van der Waals surface area contributed by atoms with Crippen molar-refractivity contribution < 1.29 is 9.21 Å². The van der Waals surface area contributed by atoms with Crippen LogP contribution in [0.25, 0.3) is 11.0 Å². The molecule has 0 saturated heterocycles. The Balaban J connectivity index is 2.11. The van der Waals surface area contributed by atoms with Gasteiger partial charge in [-0.25, -0.2) is 0 Å². The number of aromatic nitrogens is 2. The average molecular weight is 333 g/mol. The Morgan fingerprint density at radius 3 is 3.00 bits per heavy atom. The molecular formula is C15H13BrN2O2. The van der Waals surface area contributed by atoms with E-state index in [4.69, 9.17) is 4.42 Å². The van der Waals surface area contributed by atoms with Crippen LogP contribution in [0.2, 0.25) is 0 Å². The normalized spacial score (nSPS) is 11.1. The Kier molecular flexibility index (Phi) is 3.44. The summed E-state index contributed by atoms with van der Waals surface area (Å²) in [5.74, 6) is -0.0761. The first-order chi connectivity index (χ1) is 9.72. The van der Waals surface area contributed by atoms with Crippen LogP contribution in [0, 0.1) is 0 Å². The van der Waals surface area contributed by atoms with E-state index in [1.54, 1.807) is 10.9 Å². The monoisotopic (exact) mass is 332 g/mol. The summed E-state index contributed by atoms with van der Waals surface area (Å²) in [6.45, 7) is 2.76. The van der Waals surface area contributed by atoms with E-state index in [0.29, 0.717) is 27.9 Å². The largest absolute Gasteiger partial charge is 0.464 e. The Labute approximate surface area is 124 Å². The molecule has 0 atom stereocenters. The summed E-state index contributed by atoms with van der Waals surface area (Å²) in [4.78, 5) is 12.7. The van der Waals surface area contributed by atoms with Gasteiger partial charge in [-0.15, -0.1) is 0 Å². The van der Waals surface area contributed by atoms with Crippen molar-refractivity contribution in [3.8, 4) is 0 Å². The second kappa shape index (κ2) is 5.25. The predicted octanol–water partition coefficient (Wildman–Crippen LogP) is 4.03.